The molecule has 1 aliphatic carbocycles. The van der Waals surface area contributed by atoms with Gasteiger partial charge in [-0.2, -0.15) is 5.10 Å². The van der Waals surface area contributed by atoms with Crippen LogP contribution >= 0.6 is 0 Å². The SMILES string of the molecule is NCc1[nH]nc(C2CC2)c1N. The van der Waals surface area contributed by atoms with E-state index in [4.69, 9.17) is 11.5 Å². The molecule has 1 fully saturated rings. The molecule has 0 spiro atoms. The summed E-state index contributed by atoms with van der Waals surface area (Å²) in [4.78, 5) is 0. The lowest BCUT2D eigenvalue weighted by molar-refractivity contribution is 0.918. The average Bonchev–Trinajstić information content (AvgIpc) is 2.77. The number of hydrogen-bond acceptors (Lipinski definition) is 3. The van der Waals surface area contributed by atoms with E-state index in [2.05, 4.69) is 10.2 Å². The van der Waals surface area contributed by atoms with E-state index in [9.17, 15) is 0 Å². The number of nitrogens with two attached hydrogens (primary N) is 2. The molecule has 4 nitrogen and oxygen atoms in total. The number of aromatic amines is 1. The van der Waals surface area contributed by atoms with Crippen molar-refractivity contribution in [1.29, 1.82) is 0 Å². The van der Waals surface area contributed by atoms with Gasteiger partial charge in [0.05, 0.1) is 17.1 Å². The van der Waals surface area contributed by atoms with Gasteiger partial charge < -0.3 is 11.5 Å². The Morgan fingerprint density at radius 2 is 2.27 bits per heavy atom. The number of rotatable bonds is 2. The second-order valence-corrected chi connectivity index (χ2v) is 2.98. The normalized spacial score (nSPS) is 17.2. The first-order chi connectivity index (χ1) is 5.33. The first kappa shape index (κ1) is 6.67. The second-order valence-electron chi connectivity index (χ2n) is 2.98. The Morgan fingerprint density at radius 3 is 2.73 bits per heavy atom. The minimum Gasteiger partial charge on any atom is -0.396 e. The highest BCUT2D eigenvalue weighted by atomic mass is 15.1. The molecule has 11 heavy (non-hydrogen) atoms. The van der Waals surface area contributed by atoms with Gasteiger partial charge in [-0.25, -0.2) is 0 Å². The van der Waals surface area contributed by atoms with E-state index in [0.717, 1.165) is 17.1 Å². The molecule has 1 aliphatic rings. The van der Waals surface area contributed by atoms with Crippen molar-refractivity contribution in [3.8, 4) is 0 Å². The van der Waals surface area contributed by atoms with Crippen LogP contribution in [0, 0.1) is 0 Å². The van der Waals surface area contributed by atoms with Crippen molar-refractivity contribution in [1.82, 2.24) is 10.2 Å². The Morgan fingerprint density at radius 1 is 1.55 bits per heavy atom. The predicted octanol–water partition coefficient (Wildman–Crippen LogP) is 0.328. The first-order valence-corrected chi connectivity index (χ1v) is 3.85. The molecule has 0 aromatic carbocycles. The van der Waals surface area contributed by atoms with E-state index in [1.54, 1.807) is 0 Å². The van der Waals surface area contributed by atoms with Crippen molar-refractivity contribution in [2.75, 3.05) is 5.73 Å². The highest BCUT2D eigenvalue weighted by Crippen LogP contribution is 2.41. The second kappa shape index (κ2) is 2.23. The van der Waals surface area contributed by atoms with Gasteiger partial charge in [-0.15, -0.1) is 0 Å². The minimum absolute atomic E-state index is 0.450. The Bertz CT molecular complexity index is 261. The van der Waals surface area contributed by atoms with Gasteiger partial charge >= 0.3 is 0 Å². The van der Waals surface area contributed by atoms with Gasteiger partial charge in [0.15, 0.2) is 0 Å². The zero-order valence-electron chi connectivity index (χ0n) is 6.30. The summed E-state index contributed by atoms with van der Waals surface area (Å²) in [6.07, 6.45) is 2.44. The van der Waals surface area contributed by atoms with Gasteiger partial charge in [0.2, 0.25) is 0 Å². The maximum absolute atomic E-state index is 5.78. The van der Waals surface area contributed by atoms with Crippen molar-refractivity contribution in [3.05, 3.63) is 11.4 Å². The highest BCUT2D eigenvalue weighted by molar-refractivity contribution is 5.50. The summed E-state index contributed by atoms with van der Waals surface area (Å²) in [6, 6.07) is 0. The number of H-pyrrole nitrogens is 1. The zero-order valence-corrected chi connectivity index (χ0v) is 6.30. The van der Waals surface area contributed by atoms with Crippen LogP contribution in [0.1, 0.15) is 30.1 Å². The van der Waals surface area contributed by atoms with E-state index in [0.29, 0.717) is 12.5 Å². The fourth-order valence-corrected chi connectivity index (χ4v) is 1.23. The third kappa shape index (κ3) is 0.991. The molecule has 0 atom stereocenters. The molecule has 0 radical (unpaired) electrons. The molecular weight excluding hydrogens is 140 g/mol. The smallest absolute Gasteiger partial charge is 0.0885 e. The number of hydrogen-bond donors (Lipinski definition) is 3. The quantitative estimate of drug-likeness (QED) is 0.571. The van der Waals surface area contributed by atoms with Crippen LogP contribution in [0.5, 0.6) is 0 Å². The third-order valence-electron chi connectivity index (χ3n) is 2.08. The van der Waals surface area contributed by atoms with Crippen LogP contribution in [0.15, 0.2) is 0 Å². The molecule has 0 bridgehead atoms. The number of anilines is 1. The van der Waals surface area contributed by atoms with Gasteiger partial charge in [-0.1, -0.05) is 0 Å². The molecule has 1 aromatic rings. The highest BCUT2D eigenvalue weighted by Gasteiger charge is 2.28. The summed E-state index contributed by atoms with van der Waals surface area (Å²) in [5, 5.41) is 6.96. The van der Waals surface area contributed by atoms with Crippen LogP contribution in [0.4, 0.5) is 5.69 Å². The molecule has 0 unspecified atom stereocenters. The molecule has 2 rings (SSSR count). The van der Waals surface area contributed by atoms with Crippen molar-refractivity contribution < 1.29 is 0 Å². The van der Waals surface area contributed by atoms with Crippen molar-refractivity contribution >= 4 is 5.69 Å². The number of nitrogens with zero attached hydrogens (tertiary/aromatic N) is 1. The van der Waals surface area contributed by atoms with Gasteiger partial charge in [0, 0.05) is 12.5 Å². The standard InChI is InChI=1S/C7H12N4/c8-3-5-6(9)7(11-10-5)4-1-2-4/h4H,1-3,8-9H2,(H,10,11). The Kier molecular flexibility index (Phi) is 1.35. The average molecular weight is 152 g/mol. The van der Waals surface area contributed by atoms with Gasteiger partial charge in [0.1, 0.15) is 0 Å². The largest absolute Gasteiger partial charge is 0.396 e. The fraction of sp³-hybridized carbons (Fsp3) is 0.571. The van der Waals surface area contributed by atoms with E-state index in [1.165, 1.54) is 12.8 Å². The van der Waals surface area contributed by atoms with Crippen LogP contribution < -0.4 is 11.5 Å². The summed E-state index contributed by atoms with van der Waals surface area (Å²) in [6.45, 7) is 0.450. The lowest BCUT2D eigenvalue weighted by atomic mass is 10.2. The van der Waals surface area contributed by atoms with Gasteiger partial charge in [-0.3, -0.25) is 5.10 Å². The summed E-state index contributed by atoms with van der Waals surface area (Å²) >= 11 is 0. The van der Waals surface area contributed by atoms with E-state index in [-0.39, 0.29) is 0 Å². The Balaban J connectivity index is 2.33. The molecule has 1 saturated carbocycles. The van der Waals surface area contributed by atoms with Crippen molar-refractivity contribution in [2.45, 2.75) is 25.3 Å². The minimum atomic E-state index is 0.450. The third-order valence-corrected chi connectivity index (χ3v) is 2.08. The fourth-order valence-electron chi connectivity index (χ4n) is 1.23. The molecule has 0 amide bonds. The lowest BCUT2D eigenvalue weighted by Gasteiger charge is -1.93. The summed E-state index contributed by atoms with van der Waals surface area (Å²) in [5.74, 6) is 0.603. The van der Waals surface area contributed by atoms with E-state index >= 15 is 0 Å². The maximum atomic E-state index is 5.78. The van der Waals surface area contributed by atoms with Crippen molar-refractivity contribution in [2.24, 2.45) is 5.73 Å². The van der Waals surface area contributed by atoms with Gasteiger partial charge in [0.25, 0.3) is 0 Å². The van der Waals surface area contributed by atoms with Gasteiger partial charge in [-0.05, 0) is 12.8 Å². The summed E-state index contributed by atoms with van der Waals surface area (Å²) < 4.78 is 0. The summed E-state index contributed by atoms with van der Waals surface area (Å²) in [5.41, 5.74) is 13.9. The summed E-state index contributed by atoms with van der Waals surface area (Å²) in [7, 11) is 0. The molecule has 0 aliphatic heterocycles. The first-order valence-electron chi connectivity index (χ1n) is 3.85. The van der Waals surface area contributed by atoms with E-state index < -0.39 is 0 Å². The van der Waals surface area contributed by atoms with Crippen LogP contribution in [0.2, 0.25) is 0 Å². The van der Waals surface area contributed by atoms with Crippen molar-refractivity contribution in [3.63, 3.8) is 0 Å². The van der Waals surface area contributed by atoms with Crippen LogP contribution in [-0.2, 0) is 6.54 Å². The monoisotopic (exact) mass is 152 g/mol. The molecule has 60 valence electrons. The molecule has 1 aromatic heterocycles. The lowest BCUT2D eigenvalue weighted by Crippen LogP contribution is -2.00. The molecule has 5 N–H and O–H groups in total. The number of nitrogens with one attached hydrogen (secondary N) is 1. The predicted molar refractivity (Wildman–Crippen MR) is 42.9 cm³/mol. The Hall–Kier alpha value is -1.03. The topological polar surface area (TPSA) is 80.7 Å². The number of aromatic nitrogens is 2. The zero-order chi connectivity index (χ0) is 7.84. The molecule has 4 heteroatoms. The maximum Gasteiger partial charge on any atom is 0.0885 e. The number of nitrogen functional groups attached to an aromatic ring is 1. The Labute approximate surface area is 65.0 Å². The van der Waals surface area contributed by atoms with Crippen LogP contribution in [0.3, 0.4) is 0 Å². The molecular formula is C7H12N4. The van der Waals surface area contributed by atoms with Crippen LogP contribution in [-0.4, -0.2) is 10.2 Å². The molecule has 1 heterocycles. The van der Waals surface area contributed by atoms with E-state index in [1.807, 2.05) is 0 Å². The molecule has 0 saturated heterocycles. The van der Waals surface area contributed by atoms with Crippen LogP contribution in [0.25, 0.3) is 0 Å².